The topological polar surface area (TPSA) is 35.6 Å². The van der Waals surface area contributed by atoms with E-state index in [9.17, 15) is 4.79 Å². The summed E-state index contributed by atoms with van der Waals surface area (Å²) in [5, 5.41) is 7.34. The van der Waals surface area contributed by atoms with Crippen LogP contribution in [0, 0.1) is 16.7 Å². The number of carbonyl (C=O) groups excluding carboxylic acids is 1. The van der Waals surface area contributed by atoms with E-state index in [0.29, 0.717) is 23.3 Å². The summed E-state index contributed by atoms with van der Waals surface area (Å²) in [5.41, 5.74) is 1.82. The lowest BCUT2D eigenvalue weighted by molar-refractivity contribution is 0.188. The third-order valence-electron chi connectivity index (χ3n) is 5.83. The molecule has 0 spiro atoms. The second-order valence-electron chi connectivity index (χ2n) is 8.04. The van der Waals surface area contributed by atoms with E-state index in [2.05, 4.69) is 54.7 Å². The highest BCUT2D eigenvalue weighted by Crippen LogP contribution is 2.67. The highest BCUT2D eigenvalue weighted by molar-refractivity contribution is 7.07. The zero-order valence-electron chi connectivity index (χ0n) is 15.3. The molecule has 1 N–H and O–H groups in total. The summed E-state index contributed by atoms with van der Waals surface area (Å²) < 4.78 is 0. The molecule has 0 unspecified atom stereocenters. The molecule has 1 heterocycles. The molecule has 5 heteroatoms. The lowest BCUT2D eigenvalue weighted by Gasteiger charge is -2.24. The minimum Gasteiger partial charge on any atom is -0.338 e. The van der Waals surface area contributed by atoms with Crippen LogP contribution in [0.2, 0.25) is 0 Å². The van der Waals surface area contributed by atoms with E-state index >= 15 is 0 Å². The Labute approximate surface area is 144 Å². The Kier molecular flexibility index (Phi) is 5.41. The predicted octanol–water partition coefficient (Wildman–Crippen LogP) is 3.50. The maximum Gasteiger partial charge on any atom is 0.317 e. The summed E-state index contributed by atoms with van der Waals surface area (Å²) >= 11 is 1.68. The molecule has 0 saturated heterocycles. The van der Waals surface area contributed by atoms with E-state index < -0.39 is 0 Å². The van der Waals surface area contributed by atoms with Gasteiger partial charge in [0.15, 0.2) is 0 Å². The Balaban J connectivity index is 1.91. The highest BCUT2D eigenvalue weighted by atomic mass is 32.1. The number of carbonyl (C=O) groups is 1. The van der Waals surface area contributed by atoms with E-state index in [4.69, 9.17) is 0 Å². The zero-order chi connectivity index (χ0) is 17.3. The molecule has 4 nitrogen and oxygen atoms in total. The molecule has 130 valence electrons. The first kappa shape index (κ1) is 18.3. The van der Waals surface area contributed by atoms with Crippen LogP contribution in [0.4, 0.5) is 4.79 Å². The van der Waals surface area contributed by atoms with Gasteiger partial charge in [-0.2, -0.15) is 11.3 Å². The van der Waals surface area contributed by atoms with Crippen LogP contribution in [0.5, 0.6) is 0 Å². The summed E-state index contributed by atoms with van der Waals surface area (Å²) in [5.74, 6) is 0.552. The summed E-state index contributed by atoms with van der Waals surface area (Å²) in [6.45, 7) is 12.2. The van der Waals surface area contributed by atoms with E-state index in [-0.39, 0.29) is 6.03 Å². The lowest BCUT2D eigenvalue weighted by Crippen LogP contribution is -2.43. The summed E-state index contributed by atoms with van der Waals surface area (Å²) in [7, 11) is 4.08. The molecule has 1 aliphatic carbocycles. The van der Waals surface area contributed by atoms with Crippen molar-refractivity contribution >= 4 is 17.4 Å². The quantitative estimate of drug-likeness (QED) is 0.826. The first-order chi connectivity index (χ1) is 10.7. The van der Waals surface area contributed by atoms with Gasteiger partial charge < -0.3 is 15.1 Å². The van der Waals surface area contributed by atoms with Crippen LogP contribution in [0.3, 0.4) is 0 Å². The molecule has 23 heavy (non-hydrogen) atoms. The van der Waals surface area contributed by atoms with Gasteiger partial charge in [-0.25, -0.2) is 4.79 Å². The van der Waals surface area contributed by atoms with Crippen molar-refractivity contribution in [3.05, 3.63) is 22.4 Å². The largest absolute Gasteiger partial charge is 0.338 e. The fourth-order valence-electron chi connectivity index (χ4n) is 3.32. The van der Waals surface area contributed by atoms with E-state index in [1.54, 1.807) is 11.3 Å². The molecule has 1 saturated carbocycles. The van der Waals surface area contributed by atoms with Crippen molar-refractivity contribution in [1.29, 1.82) is 0 Å². The smallest absolute Gasteiger partial charge is 0.317 e. The van der Waals surface area contributed by atoms with Crippen LogP contribution in [0.1, 0.15) is 33.3 Å². The van der Waals surface area contributed by atoms with Crippen LogP contribution in [-0.2, 0) is 6.54 Å². The first-order valence-corrected chi connectivity index (χ1v) is 9.29. The van der Waals surface area contributed by atoms with Crippen molar-refractivity contribution in [2.45, 2.75) is 34.2 Å². The van der Waals surface area contributed by atoms with Gasteiger partial charge in [0.2, 0.25) is 0 Å². The molecule has 2 amide bonds. The first-order valence-electron chi connectivity index (χ1n) is 8.35. The molecule has 2 rings (SSSR count). The summed E-state index contributed by atoms with van der Waals surface area (Å²) in [6.07, 6.45) is 0. The van der Waals surface area contributed by atoms with E-state index in [0.717, 1.165) is 19.6 Å². The molecule has 1 fully saturated rings. The molecular weight excluding hydrogens is 306 g/mol. The molecule has 0 bridgehead atoms. The number of nitrogens with one attached hydrogen (secondary N) is 1. The Morgan fingerprint density at radius 3 is 2.35 bits per heavy atom. The van der Waals surface area contributed by atoms with Crippen LogP contribution in [-0.4, -0.2) is 49.6 Å². The lowest BCUT2D eigenvalue weighted by atomic mass is 10.0. The number of thiophene rings is 1. The van der Waals surface area contributed by atoms with Gasteiger partial charge in [-0.15, -0.1) is 0 Å². The normalized spacial score (nSPS) is 18.9. The average molecular weight is 338 g/mol. The summed E-state index contributed by atoms with van der Waals surface area (Å²) in [6, 6.07) is 2.14. The fraction of sp³-hybridized carbons (Fsp3) is 0.722. The molecule has 1 aromatic heterocycles. The Hall–Kier alpha value is -1.07. The van der Waals surface area contributed by atoms with Crippen molar-refractivity contribution < 1.29 is 4.79 Å². The third-order valence-corrected chi connectivity index (χ3v) is 6.57. The van der Waals surface area contributed by atoms with Crippen LogP contribution in [0.25, 0.3) is 0 Å². The zero-order valence-corrected chi connectivity index (χ0v) is 16.2. The second kappa shape index (κ2) is 6.81. The predicted molar refractivity (Wildman–Crippen MR) is 97.7 cm³/mol. The van der Waals surface area contributed by atoms with E-state index in [1.165, 1.54) is 5.56 Å². The van der Waals surface area contributed by atoms with Crippen molar-refractivity contribution in [2.24, 2.45) is 16.7 Å². The Morgan fingerprint density at radius 1 is 1.22 bits per heavy atom. The SMILES string of the molecule is CN(C)CCN(Cc1ccsc1)C(=O)NCC1C(C)(C)C1(C)C. The number of nitrogens with zero attached hydrogens (tertiary/aromatic N) is 2. The van der Waals surface area contributed by atoms with Gasteiger partial charge in [0, 0.05) is 26.2 Å². The van der Waals surface area contributed by atoms with Gasteiger partial charge in [-0.1, -0.05) is 27.7 Å². The van der Waals surface area contributed by atoms with Crippen molar-refractivity contribution in [2.75, 3.05) is 33.7 Å². The van der Waals surface area contributed by atoms with Crippen LogP contribution >= 0.6 is 11.3 Å². The molecule has 0 aromatic carbocycles. The molecule has 1 aliphatic rings. The Morgan fingerprint density at radius 2 is 1.87 bits per heavy atom. The van der Waals surface area contributed by atoms with Gasteiger partial charge >= 0.3 is 6.03 Å². The number of hydrogen-bond donors (Lipinski definition) is 1. The summed E-state index contributed by atoms with van der Waals surface area (Å²) in [4.78, 5) is 16.7. The third kappa shape index (κ3) is 4.07. The van der Waals surface area contributed by atoms with Gasteiger partial charge in [-0.05, 0) is 53.2 Å². The van der Waals surface area contributed by atoms with Crippen molar-refractivity contribution in [3.8, 4) is 0 Å². The average Bonchev–Trinajstić information content (AvgIpc) is 2.84. The fourth-order valence-corrected chi connectivity index (χ4v) is 3.98. The minimum atomic E-state index is 0.0524. The molecule has 1 aromatic rings. The maximum atomic E-state index is 12.6. The van der Waals surface area contributed by atoms with Gasteiger partial charge in [0.25, 0.3) is 0 Å². The van der Waals surface area contributed by atoms with Crippen molar-refractivity contribution in [3.63, 3.8) is 0 Å². The minimum absolute atomic E-state index is 0.0524. The Bertz CT molecular complexity index is 508. The standard InChI is InChI=1S/C18H31N3OS/c1-17(2)15(18(17,3)4)11-19-16(22)21(9-8-20(5)6)12-14-7-10-23-13-14/h7,10,13,15H,8-9,11-12H2,1-6H3,(H,19,22). The number of likely N-dealkylation sites (N-methyl/N-ethyl adjacent to an activating group) is 1. The van der Waals surface area contributed by atoms with Crippen LogP contribution in [0.15, 0.2) is 16.8 Å². The van der Waals surface area contributed by atoms with Gasteiger partial charge in [0.05, 0.1) is 0 Å². The van der Waals surface area contributed by atoms with Gasteiger partial charge in [-0.3, -0.25) is 0 Å². The molecule has 0 aliphatic heterocycles. The molecule has 0 radical (unpaired) electrons. The highest BCUT2D eigenvalue weighted by Gasteiger charge is 2.64. The van der Waals surface area contributed by atoms with Crippen molar-refractivity contribution in [1.82, 2.24) is 15.1 Å². The maximum absolute atomic E-state index is 12.6. The molecule has 0 atom stereocenters. The number of hydrogen-bond acceptors (Lipinski definition) is 3. The number of amides is 2. The second-order valence-corrected chi connectivity index (χ2v) is 8.82. The van der Waals surface area contributed by atoms with Crippen LogP contribution < -0.4 is 5.32 Å². The van der Waals surface area contributed by atoms with E-state index in [1.807, 2.05) is 19.0 Å². The number of urea groups is 1. The number of rotatable bonds is 7. The van der Waals surface area contributed by atoms with Gasteiger partial charge in [0.1, 0.15) is 0 Å². The molecular formula is C18H31N3OS. The monoisotopic (exact) mass is 337 g/mol.